The van der Waals surface area contributed by atoms with E-state index in [1.807, 2.05) is 0 Å². The molecule has 3 N–H and O–H groups in total. The summed E-state index contributed by atoms with van der Waals surface area (Å²) in [5, 5.41) is 28.5. The zero-order valence-electron chi connectivity index (χ0n) is 7.40. The first-order chi connectivity index (χ1) is 5.51. The maximum Gasteiger partial charge on any atom is 0.192 e. The Kier molecular flexibility index (Phi) is 2.73. The van der Waals surface area contributed by atoms with Gasteiger partial charge in [0.2, 0.25) is 0 Å². The molecular formula is C8H16O4. The molecule has 0 saturated carbocycles. The lowest BCUT2D eigenvalue weighted by molar-refractivity contribution is -0.310. The van der Waals surface area contributed by atoms with Crippen molar-refractivity contribution in [2.75, 3.05) is 6.61 Å². The molecule has 1 heterocycles. The predicted molar refractivity (Wildman–Crippen MR) is 42.4 cm³/mol. The van der Waals surface area contributed by atoms with Gasteiger partial charge in [0, 0.05) is 12.3 Å². The Hall–Kier alpha value is -0.160. The van der Waals surface area contributed by atoms with E-state index in [0.717, 1.165) is 0 Å². The van der Waals surface area contributed by atoms with Crippen LogP contribution < -0.4 is 0 Å². The van der Waals surface area contributed by atoms with Gasteiger partial charge in [0.1, 0.15) is 6.10 Å². The third-order valence-electron chi connectivity index (χ3n) is 2.58. The van der Waals surface area contributed by atoms with Crippen molar-refractivity contribution in [2.45, 2.75) is 38.3 Å². The average molecular weight is 176 g/mol. The molecule has 72 valence electrons. The quantitative estimate of drug-likeness (QED) is 0.502. The van der Waals surface area contributed by atoms with Crippen LogP contribution in [0.1, 0.15) is 20.3 Å². The molecule has 0 aromatic carbocycles. The summed E-state index contributed by atoms with van der Waals surface area (Å²) in [6, 6.07) is 0. The van der Waals surface area contributed by atoms with Gasteiger partial charge >= 0.3 is 0 Å². The molecule has 4 heteroatoms. The molecule has 0 spiro atoms. The molecule has 4 nitrogen and oxygen atoms in total. The van der Waals surface area contributed by atoms with Crippen LogP contribution in [0.5, 0.6) is 0 Å². The summed E-state index contributed by atoms with van der Waals surface area (Å²) >= 11 is 0. The van der Waals surface area contributed by atoms with Gasteiger partial charge in [-0.2, -0.15) is 0 Å². The minimum absolute atomic E-state index is 0.0859. The van der Waals surface area contributed by atoms with Crippen LogP contribution in [0.4, 0.5) is 0 Å². The second kappa shape index (κ2) is 3.30. The SMILES string of the molecule is CCC1(O)OC[C@@H](O)C(C)[C@H]1O. The normalized spacial score (nSPS) is 49.2. The standard InChI is InChI=1S/C8H16O4/c1-3-8(11)7(10)5(2)6(9)4-12-8/h5-7,9-11H,3-4H2,1-2H3/t5?,6-,7-,8?/m1/s1. The molecule has 0 bridgehead atoms. The summed E-state index contributed by atoms with van der Waals surface area (Å²) in [4.78, 5) is 0. The van der Waals surface area contributed by atoms with Crippen molar-refractivity contribution >= 4 is 0 Å². The Morgan fingerprint density at radius 2 is 2.08 bits per heavy atom. The van der Waals surface area contributed by atoms with Gasteiger partial charge in [0.15, 0.2) is 5.79 Å². The molecule has 1 fully saturated rings. The number of ether oxygens (including phenoxy) is 1. The molecule has 0 amide bonds. The van der Waals surface area contributed by atoms with Crippen LogP contribution in [0.3, 0.4) is 0 Å². The van der Waals surface area contributed by atoms with Crippen molar-refractivity contribution in [1.29, 1.82) is 0 Å². The average Bonchev–Trinajstić information content (AvgIpc) is 2.09. The van der Waals surface area contributed by atoms with E-state index in [1.54, 1.807) is 13.8 Å². The highest BCUT2D eigenvalue weighted by atomic mass is 16.6. The Morgan fingerprint density at radius 3 is 2.58 bits per heavy atom. The second-order valence-electron chi connectivity index (χ2n) is 3.38. The van der Waals surface area contributed by atoms with Crippen LogP contribution in [0, 0.1) is 5.92 Å². The molecule has 4 atom stereocenters. The third kappa shape index (κ3) is 1.47. The summed E-state index contributed by atoms with van der Waals surface area (Å²) in [7, 11) is 0. The monoisotopic (exact) mass is 176 g/mol. The minimum atomic E-state index is -1.47. The molecule has 1 aliphatic rings. The molecule has 1 saturated heterocycles. The van der Waals surface area contributed by atoms with Crippen molar-refractivity contribution < 1.29 is 20.1 Å². The summed E-state index contributed by atoms with van der Waals surface area (Å²) in [5.41, 5.74) is 0. The smallest absolute Gasteiger partial charge is 0.192 e. The van der Waals surface area contributed by atoms with Crippen molar-refractivity contribution in [1.82, 2.24) is 0 Å². The van der Waals surface area contributed by atoms with E-state index in [1.165, 1.54) is 0 Å². The van der Waals surface area contributed by atoms with E-state index in [9.17, 15) is 15.3 Å². The Bertz CT molecular complexity index is 161. The van der Waals surface area contributed by atoms with Crippen LogP contribution in [-0.4, -0.2) is 39.9 Å². The number of hydrogen-bond acceptors (Lipinski definition) is 4. The topological polar surface area (TPSA) is 69.9 Å². The first-order valence-corrected chi connectivity index (χ1v) is 4.23. The molecular weight excluding hydrogens is 160 g/mol. The van der Waals surface area contributed by atoms with E-state index in [2.05, 4.69) is 0 Å². The second-order valence-corrected chi connectivity index (χ2v) is 3.38. The van der Waals surface area contributed by atoms with Gasteiger partial charge in [0.25, 0.3) is 0 Å². The molecule has 1 aliphatic heterocycles. The van der Waals surface area contributed by atoms with Gasteiger partial charge in [-0.3, -0.25) is 0 Å². The van der Waals surface area contributed by atoms with Crippen LogP contribution in [0.2, 0.25) is 0 Å². The highest BCUT2D eigenvalue weighted by Gasteiger charge is 2.45. The fourth-order valence-corrected chi connectivity index (χ4v) is 1.40. The van der Waals surface area contributed by atoms with Gasteiger partial charge in [-0.05, 0) is 0 Å². The molecule has 0 aliphatic carbocycles. The van der Waals surface area contributed by atoms with E-state index in [4.69, 9.17) is 4.74 Å². The van der Waals surface area contributed by atoms with Gasteiger partial charge in [-0.25, -0.2) is 0 Å². The Balaban J connectivity index is 2.71. The lowest BCUT2D eigenvalue weighted by Gasteiger charge is -2.42. The Labute approximate surface area is 71.8 Å². The maximum atomic E-state index is 9.65. The van der Waals surface area contributed by atoms with E-state index >= 15 is 0 Å². The van der Waals surface area contributed by atoms with E-state index in [-0.39, 0.29) is 12.5 Å². The van der Waals surface area contributed by atoms with Gasteiger partial charge in [0.05, 0.1) is 12.7 Å². The van der Waals surface area contributed by atoms with Crippen LogP contribution >= 0.6 is 0 Å². The number of aliphatic hydroxyl groups excluding tert-OH is 2. The van der Waals surface area contributed by atoms with Crippen LogP contribution in [0.25, 0.3) is 0 Å². The van der Waals surface area contributed by atoms with Crippen LogP contribution in [-0.2, 0) is 4.74 Å². The molecule has 2 unspecified atom stereocenters. The summed E-state index contributed by atoms with van der Waals surface area (Å²) in [6.07, 6.45) is -1.37. The highest BCUT2D eigenvalue weighted by molar-refractivity contribution is 4.88. The number of hydrogen-bond donors (Lipinski definition) is 3. The van der Waals surface area contributed by atoms with Gasteiger partial charge < -0.3 is 20.1 Å². The molecule has 1 rings (SSSR count). The zero-order valence-corrected chi connectivity index (χ0v) is 7.40. The fraction of sp³-hybridized carbons (Fsp3) is 1.00. The van der Waals surface area contributed by atoms with Crippen molar-refractivity contribution in [3.63, 3.8) is 0 Å². The minimum Gasteiger partial charge on any atom is -0.390 e. The molecule has 0 aromatic heterocycles. The largest absolute Gasteiger partial charge is 0.390 e. The van der Waals surface area contributed by atoms with Crippen molar-refractivity contribution in [3.05, 3.63) is 0 Å². The number of aliphatic hydroxyl groups is 3. The highest BCUT2D eigenvalue weighted by Crippen LogP contribution is 2.29. The summed E-state index contributed by atoms with van der Waals surface area (Å²) in [6.45, 7) is 3.51. The number of rotatable bonds is 1. The Morgan fingerprint density at radius 1 is 1.50 bits per heavy atom. The molecule has 0 aromatic rings. The van der Waals surface area contributed by atoms with Gasteiger partial charge in [-0.1, -0.05) is 13.8 Å². The molecule has 12 heavy (non-hydrogen) atoms. The lowest BCUT2D eigenvalue weighted by atomic mass is 9.88. The predicted octanol–water partition coefficient (Wildman–Crippen LogP) is -0.527. The van der Waals surface area contributed by atoms with E-state index < -0.39 is 18.0 Å². The van der Waals surface area contributed by atoms with Crippen molar-refractivity contribution in [3.8, 4) is 0 Å². The van der Waals surface area contributed by atoms with Crippen molar-refractivity contribution in [2.24, 2.45) is 5.92 Å². The zero-order chi connectivity index (χ0) is 9.35. The first-order valence-electron chi connectivity index (χ1n) is 4.23. The molecule has 0 radical (unpaired) electrons. The fourth-order valence-electron chi connectivity index (χ4n) is 1.40. The third-order valence-corrected chi connectivity index (χ3v) is 2.58. The van der Waals surface area contributed by atoms with E-state index in [0.29, 0.717) is 6.42 Å². The maximum absolute atomic E-state index is 9.65. The summed E-state index contributed by atoms with van der Waals surface area (Å²) < 4.78 is 4.97. The van der Waals surface area contributed by atoms with Gasteiger partial charge in [-0.15, -0.1) is 0 Å². The summed E-state index contributed by atoms with van der Waals surface area (Å²) in [5.74, 6) is -1.82. The lowest BCUT2D eigenvalue weighted by Crippen LogP contribution is -2.56. The van der Waals surface area contributed by atoms with Crippen LogP contribution in [0.15, 0.2) is 0 Å². The first kappa shape index (κ1) is 9.92.